The molecular formula is C21H27N3O3S. The average molecular weight is 402 g/mol. The maximum atomic E-state index is 12.7. The van der Waals surface area contributed by atoms with E-state index in [9.17, 15) is 13.2 Å². The molecule has 150 valence electrons. The predicted molar refractivity (Wildman–Crippen MR) is 109 cm³/mol. The fraction of sp³-hybridized carbons (Fsp3) is 0.381. The summed E-state index contributed by atoms with van der Waals surface area (Å²) in [5, 5.41) is 2.93. The lowest BCUT2D eigenvalue weighted by atomic mass is 10.1. The van der Waals surface area contributed by atoms with Gasteiger partial charge in [0.15, 0.2) is 0 Å². The number of hydrogen-bond donors (Lipinski definition) is 1. The first-order chi connectivity index (χ1) is 13.3. The first-order valence-electron chi connectivity index (χ1n) is 9.46. The Kier molecular flexibility index (Phi) is 6.49. The molecule has 2 aromatic rings. The van der Waals surface area contributed by atoms with Crippen molar-refractivity contribution in [2.75, 3.05) is 32.7 Å². The Morgan fingerprint density at radius 3 is 2.29 bits per heavy atom. The van der Waals surface area contributed by atoms with Crippen molar-refractivity contribution in [3.8, 4) is 0 Å². The minimum absolute atomic E-state index is 0.0450. The topological polar surface area (TPSA) is 69.7 Å². The van der Waals surface area contributed by atoms with E-state index in [1.54, 1.807) is 12.1 Å². The summed E-state index contributed by atoms with van der Waals surface area (Å²) in [5.74, 6) is -0.0450. The standard InChI is InChI=1S/C21H27N3O3S/c1-17-6-8-20(9-7-17)28(26,27)24-12-10-23(11-13-24)16-21(25)22-15-19-5-3-4-18(2)14-19/h3-9,14H,10-13,15-16H2,1-2H3,(H,22,25). The van der Waals surface area contributed by atoms with Crippen molar-refractivity contribution in [1.29, 1.82) is 0 Å². The van der Waals surface area contributed by atoms with Gasteiger partial charge in [-0.05, 0) is 31.5 Å². The summed E-state index contributed by atoms with van der Waals surface area (Å²) >= 11 is 0. The van der Waals surface area contributed by atoms with Crippen LogP contribution in [-0.2, 0) is 21.4 Å². The summed E-state index contributed by atoms with van der Waals surface area (Å²) < 4.78 is 27.0. The van der Waals surface area contributed by atoms with Gasteiger partial charge in [-0.1, -0.05) is 47.5 Å². The lowest BCUT2D eigenvalue weighted by Gasteiger charge is -2.33. The van der Waals surface area contributed by atoms with E-state index in [0.717, 1.165) is 16.7 Å². The molecule has 1 heterocycles. The minimum Gasteiger partial charge on any atom is -0.351 e. The van der Waals surface area contributed by atoms with Crippen LogP contribution in [0.15, 0.2) is 53.4 Å². The van der Waals surface area contributed by atoms with Gasteiger partial charge in [0.2, 0.25) is 15.9 Å². The van der Waals surface area contributed by atoms with E-state index in [4.69, 9.17) is 0 Å². The molecule has 7 heteroatoms. The molecule has 0 aromatic heterocycles. The zero-order chi connectivity index (χ0) is 20.1. The normalized spacial score (nSPS) is 16.1. The van der Waals surface area contributed by atoms with Crippen LogP contribution in [0, 0.1) is 13.8 Å². The van der Waals surface area contributed by atoms with Crippen molar-refractivity contribution in [3.63, 3.8) is 0 Å². The van der Waals surface area contributed by atoms with Gasteiger partial charge in [-0.15, -0.1) is 0 Å². The molecule has 2 aromatic carbocycles. The van der Waals surface area contributed by atoms with Crippen LogP contribution in [0.2, 0.25) is 0 Å². The third kappa shape index (κ3) is 5.19. The Balaban J connectivity index is 1.48. The van der Waals surface area contributed by atoms with E-state index in [1.807, 2.05) is 49.1 Å². The zero-order valence-corrected chi connectivity index (χ0v) is 17.2. The molecule has 1 aliphatic rings. The molecule has 0 unspecified atom stereocenters. The van der Waals surface area contributed by atoms with E-state index in [-0.39, 0.29) is 12.5 Å². The fourth-order valence-electron chi connectivity index (χ4n) is 3.27. The summed E-state index contributed by atoms with van der Waals surface area (Å²) in [6.45, 7) is 6.61. The number of carbonyl (C=O) groups is 1. The lowest BCUT2D eigenvalue weighted by Crippen LogP contribution is -2.50. The summed E-state index contributed by atoms with van der Waals surface area (Å²) in [7, 11) is -3.47. The number of carbonyl (C=O) groups excluding carboxylic acids is 1. The van der Waals surface area contributed by atoms with Gasteiger partial charge in [-0.25, -0.2) is 8.42 Å². The highest BCUT2D eigenvalue weighted by Gasteiger charge is 2.28. The molecule has 3 rings (SSSR count). The Morgan fingerprint density at radius 2 is 1.64 bits per heavy atom. The van der Waals surface area contributed by atoms with Crippen molar-refractivity contribution in [3.05, 3.63) is 65.2 Å². The molecule has 1 aliphatic heterocycles. The third-order valence-corrected chi connectivity index (χ3v) is 6.84. The predicted octanol–water partition coefficient (Wildman–Crippen LogP) is 1.93. The quantitative estimate of drug-likeness (QED) is 0.803. The highest BCUT2D eigenvalue weighted by atomic mass is 32.2. The minimum atomic E-state index is -3.47. The number of amides is 1. The second-order valence-electron chi connectivity index (χ2n) is 7.26. The SMILES string of the molecule is Cc1ccc(S(=O)(=O)N2CCN(CC(=O)NCc3cccc(C)c3)CC2)cc1. The van der Waals surface area contributed by atoms with Gasteiger partial charge in [0.05, 0.1) is 11.4 Å². The lowest BCUT2D eigenvalue weighted by molar-refractivity contribution is -0.122. The van der Waals surface area contributed by atoms with Gasteiger partial charge in [0, 0.05) is 32.7 Å². The smallest absolute Gasteiger partial charge is 0.243 e. The number of benzene rings is 2. The van der Waals surface area contributed by atoms with Crippen LogP contribution in [0.4, 0.5) is 0 Å². The maximum absolute atomic E-state index is 12.7. The van der Waals surface area contributed by atoms with Gasteiger partial charge in [0.1, 0.15) is 0 Å². The summed E-state index contributed by atoms with van der Waals surface area (Å²) in [6.07, 6.45) is 0. The maximum Gasteiger partial charge on any atom is 0.243 e. The van der Waals surface area contributed by atoms with Crippen molar-refractivity contribution in [2.24, 2.45) is 0 Å². The first-order valence-corrected chi connectivity index (χ1v) is 10.9. The van der Waals surface area contributed by atoms with Crippen LogP contribution in [0.5, 0.6) is 0 Å². The Bertz CT molecular complexity index is 918. The number of aryl methyl sites for hydroxylation is 2. The van der Waals surface area contributed by atoms with Gasteiger partial charge >= 0.3 is 0 Å². The molecule has 0 aliphatic carbocycles. The van der Waals surface area contributed by atoms with Gasteiger partial charge in [0.25, 0.3) is 0 Å². The van der Waals surface area contributed by atoms with E-state index in [0.29, 0.717) is 37.6 Å². The number of rotatable bonds is 6. The molecule has 28 heavy (non-hydrogen) atoms. The van der Waals surface area contributed by atoms with Gasteiger partial charge in [-0.2, -0.15) is 4.31 Å². The molecule has 0 radical (unpaired) electrons. The van der Waals surface area contributed by atoms with E-state index >= 15 is 0 Å². The highest BCUT2D eigenvalue weighted by molar-refractivity contribution is 7.89. The molecular weight excluding hydrogens is 374 g/mol. The van der Waals surface area contributed by atoms with E-state index in [1.165, 1.54) is 4.31 Å². The van der Waals surface area contributed by atoms with E-state index in [2.05, 4.69) is 11.4 Å². The number of nitrogens with zero attached hydrogens (tertiary/aromatic N) is 2. The molecule has 0 bridgehead atoms. The molecule has 1 saturated heterocycles. The van der Waals surface area contributed by atoms with Crippen molar-refractivity contribution in [2.45, 2.75) is 25.3 Å². The molecule has 0 atom stereocenters. The van der Waals surface area contributed by atoms with E-state index < -0.39 is 10.0 Å². The van der Waals surface area contributed by atoms with Crippen molar-refractivity contribution in [1.82, 2.24) is 14.5 Å². The van der Waals surface area contributed by atoms with Crippen LogP contribution in [-0.4, -0.2) is 56.3 Å². The monoisotopic (exact) mass is 401 g/mol. The van der Waals surface area contributed by atoms with Crippen LogP contribution < -0.4 is 5.32 Å². The second kappa shape index (κ2) is 8.86. The Hall–Kier alpha value is -2.22. The number of hydrogen-bond acceptors (Lipinski definition) is 4. The van der Waals surface area contributed by atoms with Gasteiger partial charge in [-0.3, -0.25) is 9.69 Å². The van der Waals surface area contributed by atoms with Crippen LogP contribution in [0.1, 0.15) is 16.7 Å². The first kappa shape index (κ1) is 20.5. The summed E-state index contributed by atoms with van der Waals surface area (Å²) in [5.41, 5.74) is 3.26. The molecule has 6 nitrogen and oxygen atoms in total. The number of sulfonamides is 1. The molecule has 1 amide bonds. The summed E-state index contributed by atoms with van der Waals surface area (Å²) in [6, 6.07) is 15.0. The molecule has 0 saturated carbocycles. The van der Waals surface area contributed by atoms with Crippen molar-refractivity contribution >= 4 is 15.9 Å². The Labute approximate surface area is 167 Å². The largest absolute Gasteiger partial charge is 0.351 e. The molecule has 0 spiro atoms. The van der Waals surface area contributed by atoms with Crippen LogP contribution in [0.3, 0.4) is 0 Å². The van der Waals surface area contributed by atoms with Crippen molar-refractivity contribution < 1.29 is 13.2 Å². The highest BCUT2D eigenvalue weighted by Crippen LogP contribution is 2.18. The third-order valence-electron chi connectivity index (χ3n) is 4.93. The average Bonchev–Trinajstić information content (AvgIpc) is 2.67. The van der Waals surface area contributed by atoms with Crippen LogP contribution >= 0.6 is 0 Å². The fourth-order valence-corrected chi connectivity index (χ4v) is 4.69. The van der Waals surface area contributed by atoms with Gasteiger partial charge < -0.3 is 5.32 Å². The van der Waals surface area contributed by atoms with Crippen LogP contribution in [0.25, 0.3) is 0 Å². The zero-order valence-electron chi connectivity index (χ0n) is 16.4. The molecule has 1 N–H and O–H groups in total. The molecule has 1 fully saturated rings. The number of piperazine rings is 1. The Morgan fingerprint density at radius 1 is 0.964 bits per heavy atom. The summed E-state index contributed by atoms with van der Waals surface area (Å²) in [4.78, 5) is 14.5. The second-order valence-corrected chi connectivity index (χ2v) is 9.20. The number of nitrogens with one attached hydrogen (secondary N) is 1.